The Morgan fingerprint density at radius 2 is 1.93 bits per heavy atom. The molecule has 1 N–H and O–H groups in total. The number of hydrogen-bond acceptors (Lipinski definition) is 3. The molecule has 1 aromatic heterocycles. The van der Waals surface area contributed by atoms with Gasteiger partial charge in [-0.1, -0.05) is 48.0 Å². The van der Waals surface area contributed by atoms with Crippen LogP contribution in [0.1, 0.15) is 29.8 Å². The first kappa shape index (κ1) is 18.2. The van der Waals surface area contributed by atoms with Crippen molar-refractivity contribution in [1.29, 1.82) is 0 Å². The summed E-state index contributed by atoms with van der Waals surface area (Å²) in [5.74, 6) is 0.653. The lowest BCUT2D eigenvalue weighted by atomic mass is 9.98. The standard InChI is InChI=1S/C23H23N3O2/c1-16-6-8-17(9-7-16)18-12-14-26(15-13-18)22(27)11-10-21-24-20-5-3-2-4-19(20)23(28)25-21/h2-9,12H,10-11,13-15H2,1H3,(H,24,25,28). The summed E-state index contributed by atoms with van der Waals surface area (Å²) in [4.78, 5) is 33.9. The highest BCUT2D eigenvalue weighted by atomic mass is 16.2. The van der Waals surface area contributed by atoms with E-state index in [0.717, 1.165) is 13.0 Å². The Morgan fingerprint density at radius 1 is 1.14 bits per heavy atom. The second kappa shape index (κ2) is 7.80. The molecule has 2 aromatic carbocycles. The first-order valence-corrected chi connectivity index (χ1v) is 9.62. The molecule has 0 fully saturated rings. The van der Waals surface area contributed by atoms with Gasteiger partial charge < -0.3 is 9.88 Å². The largest absolute Gasteiger partial charge is 0.339 e. The molecule has 0 saturated carbocycles. The number of hydrogen-bond donors (Lipinski definition) is 1. The topological polar surface area (TPSA) is 66.1 Å². The number of aryl methyl sites for hydroxylation is 2. The van der Waals surface area contributed by atoms with Gasteiger partial charge >= 0.3 is 0 Å². The van der Waals surface area contributed by atoms with Gasteiger partial charge in [0, 0.05) is 25.9 Å². The molecule has 1 amide bonds. The smallest absolute Gasteiger partial charge is 0.258 e. The van der Waals surface area contributed by atoms with E-state index in [1.807, 2.05) is 23.1 Å². The fourth-order valence-electron chi connectivity index (χ4n) is 3.56. The molecule has 5 nitrogen and oxygen atoms in total. The van der Waals surface area contributed by atoms with Gasteiger partial charge in [-0.25, -0.2) is 4.98 Å². The maximum Gasteiger partial charge on any atom is 0.258 e. The summed E-state index contributed by atoms with van der Waals surface area (Å²) in [6.45, 7) is 3.43. The Kier molecular flexibility index (Phi) is 5.06. The Balaban J connectivity index is 1.38. The molecule has 3 aromatic rings. The predicted molar refractivity (Wildman–Crippen MR) is 111 cm³/mol. The Labute approximate surface area is 163 Å². The summed E-state index contributed by atoms with van der Waals surface area (Å²) >= 11 is 0. The molecule has 0 bridgehead atoms. The van der Waals surface area contributed by atoms with Crippen LogP contribution in [-0.4, -0.2) is 33.9 Å². The van der Waals surface area contributed by atoms with Crippen molar-refractivity contribution in [2.75, 3.05) is 13.1 Å². The van der Waals surface area contributed by atoms with Crippen molar-refractivity contribution in [3.05, 3.63) is 81.9 Å². The van der Waals surface area contributed by atoms with E-state index in [0.29, 0.717) is 36.1 Å². The third-order valence-corrected chi connectivity index (χ3v) is 5.22. The van der Waals surface area contributed by atoms with Crippen molar-refractivity contribution in [3.8, 4) is 0 Å². The van der Waals surface area contributed by atoms with Crippen molar-refractivity contribution < 1.29 is 4.79 Å². The number of benzene rings is 2. The van der Waals surface area contributed by atoms with Gasteiger partial charge in [-0.2, -0.15) is 0 Å². The first-order chi connectivity index (χ1) is 13.6. The predicted octanol–water partition coefficient (Wildman–Crippen LogP) is 3.48. The molecule has 2 heterocycles. The second-order valence-electron chi connectivity index (χ2n) is 7.21. The minimum absolute atomic E-state index is 0.0926. The van der Waals surface area contributed by atoms with E-state index < -0.39 is 0 Å². The maximum atomic E-state index is 12.6. The van der Waals surface area contributed by atoms with Gasteiger partial charge in [-0.15, -0.1) is 0 Å². The third kappa shape index (κ3) is 3.88. The summed E-state index contributed by atoms with van der Waals surface area (Å²) in [7, 11) is 0. The van der Waals surface area contributed by atoms with Crippen molar-refractivity contribution in [1.82, 2.24) is 14.9 Å². The molecule has 142 valence electrons. The SMILES string of the molecule is Cc1ccc(C2=CCN(C(=O)CCc3nc4ccccc4c(=O)[nH]3)CC2)cc1. The quantitative estimate of drug-likeness (QED) is 0.761. The summed E-state index contributed by atoms with van der Waals surface area (Å²) in [5.41, 5.74) is 4.28. The molecule has 5 heteroatoms. The maximum absolute atomic E-state index is 12.6. The minimum atomic E-state index is -0.156. The summed E-state index contributed by atoms with van der Waals surface area (Å²) in [5, 5.41) is 0.572. The van der Waals surface area contributed by atoms with Gasteiger partial charge in [-0.05, 0) is 36.6 Å². The van der Waals surface area contributed by atoms with Crippen LogP contribution >= 0.6 is 0 Å². The number of amides is 1. The summed E-state index contributed by atoms with van der Waals surface area (Å²) in [6, 6.07) is 15.8. The van der Waals surface area contributed by atoms with E-state index in [9.17, 15) is 9.59 Å². The zero-order valence-corrected chi connectivity index (χ0v) is 15.9. The van der Waals surface area contributed by atoms with Crippen LogP contribution in [0.15, 0.2) is 59.4 Å². The molecule has 1 aliphatic rings. The van der Waals surface area contributed by atoms with Crippen molar-refractivity contribution in [2.24, 2.45) is 0 Å². The normalized spacial score (nSPS) is 14.2. The highest BCUT2D eigenvalue weighted by Crippen LogP contribution is 2.23. The van der Waals surface area contributed by atoms with E-state index >= 15 is 0 Å². The van der Waals surface area contributed by atoms with Crippen LogP contribution in [0.2, 0.25) is 0 Å². The summed E-state index contributed by atoms with van der Waals surface area (Å²) < 4.78 is 0. The molecule has 0 spiro atoms. The molecule has 28 heavy (non-hydrogen) atoms. The third-order valence-electron chi connectivity index (χ3n) is 5.22. The van der Waals surface area contributed by atoms with Crippen LogP contribution in [0.5, 0.6) is 0 Å². The van der Waals surface area contributed by atoms with Gasteiger partial charge in [0.15, 0.2) is 0 Å². The minimum Gasteiger partial charge on any atom is -0.339 e. The fraction of sp³-hybridized carbons (Fsp3) is 0.261. The van der Waals surface area contributed by atoms with Crippen LogP contribution < -0.4 is 5.56 Å². The number of nitrogens with one attached hydrogen (secondary N) is 1. The zero-order chi connectivity index (χ0) is 19.5. The number of carbonyl (C=O) groups excluding carboxylic acids is 1. The number of para-hydroxylation sites is 1. The van der Waals surface area contributed by atoms with Crippen molar-refractivity contribution in [3.63, 3.8) is 0 Å². The molecule has 0 saturated heterocycles. The Bertz CT molecular complexity index is 1100. The van der Waals surface area contributed by atoms with E-state index in [1.54, 1.807) is 6.07 Å². The van der Waals surface area contributed by atoms with Crippen LogP contribution in [0.25, 0.3) is 16.5 Å². The van der Waals surface area contributed by atoms with Gasteiger partial charge in [0.2, 0.25) is 5.91 Å². The van der Waals surface area contributed by atoms with Crippen molar-refractivity contribution >= 4 is 22.4 Å². The van der Waals surface area contributed by atoms with E-state index in [1.165, 1.54) is 16.7 Å². The number of aromatic nitrogens is 2. The van der Waals surface area contributed by atoms with E-state index in [4.69, 9.17) is 0 Å². The lowest BCUT2D eigenvalue weighted by Gasteiger charge is -2.26. The van der Waals surface area contributed by atoms with Crippen LogP contribution in [0, 0.1) is 6.92 Å². The van der Waals surface area contributed by atoms with Gasteiger partial charge in [0.25, 0.3) is 5.56 Å². The molecule has 0 unspecified atom stereocenters. The molecular weight excluding hydrogens is 350 g/mol. The highest BCUT2D eigenvalue weighted by Gasteiger charge is 2.18. The lowest BCUT2D eigenvalue weighted by molar-refractivity contribution is -0.130. The Morgan fingerprint density at radius 3 is 2.68 bits per heavy atom. The first-order valence-electron chi connectivity index (χ1n) is 9.62. The van der Waals surface area contributed by atoms with E-state index in [-0.39, 0.29) is 11.5 Å². The fourth-order valence-corrected chi connectivity index (χ4v) is 3.56. The molecule has 1 aliphatic heterocycles. The average molecular weight is 373 g/mol. The van der Waals surface area contributed by atoms with Gasteiger partial charge in [-0.3, -0.25) is 9.59 Å². The number of rotatable bonds is 4. The number of fused-ring (bicyclic) bond motifs is 1. The lowest BCUT2D eigenvalue weighted by Crippen LogP contribution is -2.35. The molecule has 0 aliphatic carbocycles. The monoisotopic (exact) mass is 373 g/mol. The van der Waals surface area contributed by atoms with Crippen molar-refractivity contribution in [2.45, 2.75) is 26.2 Å². The number of H-pyrrole nitrogens is 1. The van der Waals surface area contributed by atoms with E-state index in [2.05, 4.69) is 47.2 Å². The molecule has 0 atom stereocenters. The molecular formula is C23H23N3O2. The number of nitrogens with zero attached hydrogens (tertiary/aromatic N) is 2. The highest BCUT2D eigenvalue weighted by molar-refractivity contribution is 5.79. The Hall–Kier alpha value is -3.21. The number of aromatic amines is 1. The molecule has 4 rings (SSSR count). The average Bonchev–Trinajstić information content (AvgIpc) is 2.73. The van der Waals surface area contributed by atoms with Gasteiger partial charge in [0.1, 0.15) is 5.82 Å². The van der Waals surface area contributed by atoms with Crippen LogP contribution in [-0.2, 0) is 11.2 Å². The van der Waals surface area contributed by atoms with Crippen LogP contribution in [0.4, 0.5) is 0 Å². The second-order valence-corrected chi connectivity index (χ2v) is 7.21. The summed E-state index contributed by atoms with van der Waals surface area (Å²) in [6.07, 6.45) is 3.78. The molecule has 0 radical (unpaired) electrons. The van der Waals surface area contributed by atoms with Gasteiger partial charge in [0.05, 0.1) is 10.9 Å². The number of carbonyl (C=O) groups is 1. The van der Waals surface area contributed by atoms with Crippen LogP contribution in [0.3, 0.4) is 0 Å². The zero-order valence-electron chi connectivity index (χ0n) is 15.9.